The number of nitrogens with zero attached hydrogens (tertiary/aromatic N) is 1. The van der Waals surface area contributed by atoms with Crippen LogP contribution in [0.2, 0.25) is 0 Å². The van der Waals surface area contributed by atoms with Crippen molar-refractivity contribution >= 4 is 11.3 Å². The van der Waals surface area contributed by atoms with Gasteiger partial charge in [0, 0.05) is 12.0 Å². The molecule has 0 aliphatic heterocycles. The van der Waals surface area contributed by atoms with Crippen molar-refractivity contribution in [1.82, 2.24) is 4.98 Å². The summed E-state index contributed by atoms with van der Waals surface area (Å²) in [6.45, 7) is 4.00. The molecule has 3 nitrogen and oxygen atoms in total. The van der Waals surface area contributed by atoms with Crippen molar-refractivity contribution in [2.75, 3.05) is 7.11 Å². The van der Waals surface area contributed by atoms with E-state index in [-0.39, 0.29) is 11.6 Å². The van der Waals surface area contributed by atoms with Gasteiger partial charge in [-0.25, -0.2) is 4.98 Å². The lowest BCUT2D eigenvalue weighted by molar-refractivity contribution is 0.0850. The number of nitrogens with two attached hydrogens (primary N) is 1. The maximum absolute atomic E-state index is 6.06. The number of rotatable bonds is 2. The van der Waals surface area contributed by atoms with Gasteiger partial charge in [-0.15, -0.1) is 11.3 Å². The minimum atomic E-state index is -0.333. The topological polar surface area (TPSA) is 48.1 Å². The highest BCUT2D eigenvalue weighted by molar-refractivity contribution is 7.11. The Kier molecular flexibility index (Phi) is 2.83. The Balaban J connectivity index is 2.37. The molecule has 2 rings (SSSR count). The molecule has 0 bridgehead atoms. The minimum absolute atomic E-state index is 0.182. The normalized spacial score (nSPS) is 21.5. The zero-order valence-corrected chi connectivity index (χ0v) is 10.4. The number of fused-ring (bicyclic) bond motifs is 1. The average molecular weight is 226 g/mol. The second kappa shape index (κ2) is 3.85. The van der Waals surface area contributed by atoms with Gasteiger partial charge in [0.1, 0.15) is 11.1 Å². The summed E-state index contributed by atoms with van der Waals surface area (Å²) in [5.74, 6) is 0. The zero-order valence-electron chi connectivity index (χ0n) is 9.54. The molecule has 1 atom stereocenters. The van der Waals surface area contributed by atoms with Gasteiger partial charge in [-0.3, -0.25) is 0 Å². The molecule has 15 heavy (non-hydrogen) atoms. The predicted octanol–water partition coefficient (Wildman–Crippen LogP) is 2.36. The molecular weight excluding hydrogens is 208 g/mol. The number of aromatic nitrogens is 1. The molecule has 0 radical (unpaired) electrons. The van der Waals surface area contributed by atoms with E-state index in [0.717, 1.165) is 23.5 Å². The molecule has 0 saturated heterocycles. The second-order valence-electron chi connectivity index (χ2n) is 4.67. The third kappa shape index (κ3) is 2.07. The number of aryl methyl sites for hydroxylation is 1. The third-order valence-corrected chi connectivity index (χ3v) is 4.21. The van der Waals surface area contributed by atoms with Crippen molar-refractivity contribution in [1.29, 1.82) is 0 Å². The van der Waals surface area contributed by atoms with Gasteiger partial charge in [-0.05, 0) is 33.1 Å². The van der Waals surface area contributed by atoms with Crippen molar-refractivity contribution in [2.24, 2.45) is 5.73 Å². The summed E-state index contributed by atoms with van der Waals surface area (Å²) < 4.78 is 5.45. The highest BCUT2D eigenvalue weighted by atomic mass is 32.1. The third-order valence-electron chi connectivity index (χ3n) is 2.74. The molecule has 0 amide bonds. The van der Waals surface area contributed by atoms with Gasteiger partial charge in [0.2, 0.25) is 0 Å². The van der Waals surface area contributed by atoms with E-state index < -0.39 is 0 Å². The van der Waals surface area contributed by atoms with Crippen LogP contribution in [0.1, 0.15) is 48.4 Å². The van der Waals surface area contributed by atoms with Crippen LogP contribution in [-0.2, 0) is 16.7 Å². The molecule has 1 unspecified atom stereocenters. The van der Waals surface area contributed by atoms with E-state index in [2.05, 4.69) is 4.98 Å². The number of methoxy groups -OCH3 is 1. The second-order valence-corrected chi connectivity index (χ2v) is 5.75. The summed E-state index contributed by atoms with van der Waals surface area (Å²) >= 11 is 1.75. The Morgan fingerprint density at radius 2 is 2.27 bits per heavy atom. The highest BCUT2D eigenvalue weighted by Crippen LogP contribution is 2.37. The van der Waals surface area contributed by atoms with E-state index >= 15 is 0 Å². The Hall–Kier alpha value is -0.450. The SMILES string of the molecule is COC1CCCc2sc(C(C)(C)N)nc21. The van der Waals surface area contributed by atoms with Crippen LogP contribution >= 0.6 is 11.3 Å². The standard InChI is InChI=1S/C11H18N2OS/c1-11(2,12)10-13-9-7(14-3)5-4-6-8(9)15-10/h7H,4-6,12H2,1-3H3. The van der Waals surface area contributed by atoms with E-state index in [9.17, 15) is 0 Å². The smallest absolute Gasteiger partial charge is 0.113 e. The first-order valence-corrected chi connectivity index (χ1v) is 6.16. The highest BCUT2D eigenvalue weighted by Gasteiger charge is 2.28. The first-order chi connectivity index (χ1) is 7.02. The van der Waals surface area contributed by atoms with Gasteiger partial charge < -0.3 is 10.5 Å². The summed E-state index contributed by atoms with van der Waals surface area (Å²) in [6.07, 6.45) is 3.58. The quantitative estimate of drug-likeness (QED) is 0.842. The number of ether oxygens (including phenoxy) is 1. The van der Waals surface area contributed by atoms with E-state index in [1.165, 1.54) is 11.3 Å². The van der Waals surface area contributed by atoms with Gasteiger partial charge in [0.25, 0.3) is 0 Å². The predicted molar refractivity (Wildman–Crippen MR) is 62.0 cm³/mol. The van der Waals surface area contributed by atoms with Crippen LogP contribution in [0.5, 0.6) is 0 Å². The van der Waals surface area contributed by atoms with Crippen LogP contribution in [-0.4, -0.2) is 12.1 Å². The van der Waals surface area contributed by atoms with Crippen LogP contribution < -0.4 is 5.73 Å². The first-order valence-electron chi connectivity index (χ1n) is 5.34. The van der Waals surface area contributed by atoms with Gasteiger partial charge in [0.15, 0.2) is 0 Å². The Bertz CT molecular complexity index is 354. The fraction of sp³-hybridized carbons (Fsp3) is 0.727. The number of thiazole rings is 1. The molecular formula is C11H18N2OS. The van der Waals surface area contributed by atoms with Gasteiger partial charge in [-0.2, -0.15) is 0 Å². The van der Waals surface area contributed by atoms with Gasteiger partial charge >= 0.3 is 0 Å². The first kappa shape index (κ1) is 11.0. The van der Waals surface area contributed by atoms with Crippen molar-refractivity contribution in [3.63, 3.8) is 0 Å². The minimum Gasteiger partial charge on any atom is -0.375 e. The summed E-state index contributed by atoms with van der Waals surface area (Å²) in [4.78, 5) is 6.01. The fourth-order valence-electron chi connectivity index (χ4n) is 1.88. The molecule has 1 aliphatic rings. The zero-order chi connectivity index (χ0) is 11.1. The molecule has 1 aliphatic carbocycles. The number of hydrogen-bond acceptors (Lipinski definition) is 4. The fourth-order valence-corrected chi connectivity index (χ4v) is 3.05. The molecule has 1 aromatic rings. The molecule has 0 spiro atoms. The van der Waals surface area contributed by atoms with Crippen LogP contribution in [0.15, 0.2) is 0 Å². The van der Waals surface area contributed by atoms with Crippen molar-refractivity contribution < 1.29 is 4.74 Å². The molecule has 2 N–H and O–H groups in total. The summed E-state index contributed by atoms with van der Waals surface area (Å²) in [6, 6.07) is 0. The Morgan fingerprint density at radius 1 is 1.53 bits per heavy atom. The molecule has 0 saturated carbocycles. The van der Waals surface area contributed by atoms with Crippen LogP contribution in [0.4, 0.5) is 0 Å². The van der Waals surface area contributed by atoms with E-state index in [0.29, 0.717) is 0 Å². The lowest BCUT2D eigenvalue weighted by atomic mass is 10.00. The number of hydrogen-bond donors (Lipinski definition) is 1. The van der Waals surface area contributed by atoms with Crippen LogP contribution in [0.25, 0.3) is 0 Å². The average Bonchev–Trinajstić information content (AvgIpc) is 2.59. The molecule has 84 valence electrons. The lowest BCUT2D eigenvalue weighted by Crippen LogP contribution is -2.28. The van der Waals surface area contributed by atoms with E-state index in [1.54, 1.807) is 18.4 Å². The summed E-state index contributed by atoms with van der Waals surface area (Å²) in [7, 11) is 1.76. The molecule has 0 aromatic carbocycles. The van der Waals surface area contributed by atoms with Crippen molar-refractivity contribution in [2.45, 2.75) is 44.8 Å². The van der Waals surface area contributed by atoms with Crippen LogP contribution in [0, 0.1) is 0 Å². The summed E-state index contributed by atoms with van der Waals surface area (Å²) in [5, 5.41) is 1.02. The Morgan fingerprint density at radius 3 is 2.87 bits per heavy atom. The molecule has 4 heteroatoms. The molecule has 0 fully saturated rings. The van der Waals surface area contributed by atoms with Gasteiger partial charge in [0.05, 0.1) is 11.2 Å². The summed E-state index contributed by atoms with van der Waals surface area (Å²) in [5.41, 5.74) is 6.86. The molecule has 1 aromatic heterocycles. The largest absolute Gasteiger partial charge is 0.375 e. The lowest BCUT2D eigenvalue weighted by Gasteiger charge is -2.19. The molecule has 1 heterocycles. The van der Waals surface area contributed by atoms with Crippen LogP contribution in [0.3, 0.4) is 0 Å². The van der Waals surface area contributed by atoms with E-state index in [4.69, 9.17) is 10.5 Å². The van der Waals surface area contributed by atoms with Crippen molar-refractivity contribution in [3.05, 3.63) is 15.6 Å². The van der Waals surface area contributed by atoms with Gasteiger partial charge in [-0.1, -0.05) is 0 Å². The maximum atomic E-state index is 6.06. The van der Waals surface area contributed by atoms with E-state index in [1.807, 2.05) is 13.8 Å². The monoisotopic (exact) mass is 226 g/mol. The van der Waals surface area contributed by atoms with Crippen molar-refractivity contribution in [3.8, 4) is 0 Å². The Labute approximate surface area is 94.7 Å². The maximum Gasteiger partial charge on any atom is 0.113 e.